The Morgan fingerprint density at radius 2 is 2.12 bits per heavy atom. The van der Waals surface area contributed by atoms with Gasteiger partial charge in [-0.25, -0.2) is 4.98 Å². The van der Waals surface area contributed by atoms with Gasteiger partial charge in [0.15, 0.2) is 0 Å². The standard InChI is InChI=1S/C13H19N3/c1-4-5-11(14)13-10(3)15-12-7-6-9(2)8-16(12)13/h6-8,11H,4-5,14H2,1-3H3. The van der Waals surface area contributed by atoms with E-state index in [9.17, 15) is 0 Å². The van der Waals surface area contributed by atoms with Crippen LogP contribution in [0.2, 0.25) is 0 Å². The van der Waals surface area contributed by atoms with Crippen molar-refractivity contribution in [3.63, 3.8) is 0 Å². The van der Waals surface area contributed by atoms with Gasteiger partial charge in [0.05, 0.1) is 11.4 Å². The molecule has 1 atom stereocenters. The Balaban J connectivity index is 2.58. The molecule has 0 amide bonds. The highest BCUT2D eigenvalue weighted by molar-refractivity contribution is 5.45. The topological polar surface area (TPSA) is 43.3 Å². The minimum atomic E-state index is 0.0850. The molecule has 0 aliphatic rings. The number of hydrogen-bond acceptors (Lipinski definition) is 2. The van der Waals surface area contributed by atoms with E-state index in [1.54, 1.807) is 0 Å². The van der Waals surface area contributed by atoms with Crippen LogP contribution in [0.15, 0.2) is 18.3 Å². The van der Waals surface area contributed by atoms with Gasteiger partial charge in [-0.05, 0) is 31.9 Å². The van der Waals surface area contributed by atoms with E-state index in [4.69, 9.17) is 5.73 Å². The molecule has 2 aromatic rings. The fourth-order valence-electron chi connectivity index (χ4n) is 2.18. The Morgan fingerprint density at radius 3 is 2.81 bits per heavy atom. The first-order valence-corrected chi connectivity index (χ1v) is 5.84. The molecule has 0 saturated carbocycles. The average molecular weight is 217 g/mol. The van der Waals surface area contributed by atoms with Gasteiger partial charge in [0.1, 0.15) is 5.65 Å². The number of aromatic nitrogens is 2. The molecule has 0 aliphatic heterocycles. The Hall–Kier alpha value is -1.35. The molecular weight excluding hydrogens is 198 g/mol. The van der Waals surface area contributed by atoms with Gasteiger partial charge in [-0.15, -0.1) is 0 Å². The number of nitrogens with zero attached hydrogens (tertiary/aromatic N) is 2. The molecule has 3 heteroatoms. The number of aryl methyl sites for hydroxylation is 2. The van der Waals surface area contributed by atoms with Crippen molar-refractivity contribution in [3.8, 4) is 0 Å². The lowest BCUT2D eigenvalue weighted by Crippen LogP contribution is -2.13. The second kappa shape index (κ2) is 4.26. The quantitative estimate of drug-likeness (QED) is 0.859. The largest absolute Gasteiger partial charge is 0.323 e. The molecule has 2 rings (SSSR count). The summed E-state index contributed by atoms with van der Waals surface area (Å²) >= 11 is 0. The zero-order valence-electron chi connectivity index (χ0n) is 10.2. The highest BCUT2D eigenvalue weighted by Crippen LogP contribution is 2.21. The number of pyridine rings is 1. The lowest BCUT2D eigenvalue weighted by molar-refractivity contribution is 0.613. The maximum absolute atomic E-state index is 6.21. The zero-order chi connectivity index (χ0) is 11.7. The maximum Gasteiger partial charge on any atom is 0.137 e. The van der Waals surface area contributed by atoms with E-state index in [0.29, 0.717) is 0 Å². The molecule has 2 heterocycles. The normalized spacial score (nSPS) is 13.2. The lowest BCUT2D eigenvalue weighted by atomic mass is 10.1. The molecule has 0 fully saturated rings. The van der Waals surface area contributed by atoms with Crippen molar-refractivity contribution in [1.82, 2.24) is 9.38 Å². The lowest BCUT2D eigenvalue weighted by Gasteiger charge is -2.11. The van der Waals surface area contributed by atoms with Gasteiger partial charge >= 0.3 is 0 Å². The number of nitrogens with two attached hydrogens (primary N) is 1. The fourth-order valence-corrected chi connectivity index (χ4v) is 2.18. The van der Waals surface area contributed by atoms with Crippen LogP contribution in [0.4, 0.5) is 0 Å². The summed E-state index contributed by atoms with van der Waals surface area (Å²) in [4.78, 5) is 4.54. The molecule has 16 heavy (non-hydrogen) atoms. The summed E-state index contributed by atoms with van der Waals surface area (Å²) in [5, 5.41) is 0. The van der Waals surface area contributed by atoms with Crippen LogP contribution in [0.1, 0.15) is 42.8 Å². The van der Waals surface area contributed by atoms with Gasteiger partial charge in [0.25, 0.3) is 0 Å². The van der Waals surface area contributed by atoms with E-state index in [2.05, 4.69) is 35.5 Å². The van der Waals surface area contributed by atoms with Crippen LogP contribution in [0.25, 0.3) is 5.65 Å². The van der Waals surface area contributed by atoms with Crippen LogP contribution >= 0.6 is 0 Å². The Morgan fingerprint density at radius 1 is 1.38 bits per heavy atom. The molecule has 0 aliphatic carbocycles. The van der Waals surface area contributed by atoms with E-state index in [1.807, 2.05) is 13.0 Å². The van der Waals surface area contributed by atoms with Crippen molar-refractivity contribution < 1.29 is 0 Å². The first-order chi connectivity index (χ1) is 7.63. The van der Waals surface area contributed by atoms with Crippen molar-refractivity contribution in [2.75, 3.05) is 0 Å². The molecular formula is C13H19N3. The van der Waals surface area contributed by atoms with Crippen LogP contribution in [0.3, 0.4) is 0 Å². The van der Waals surface area contributed by atoms with Gasteiger partial charge in [0.2, 0.25) is 0 Å². The van der Waals surface area contributed by atoms with Crippen LogP contribution in [0.5, 0.6) is 0 Å². The SMILES string of the molecule is CCCC(N)c1c(C)nc2ccc(C)cn12. The van der Waals surface area contributed by atoms with Gasteiger partial charge in [-0.2, -0.15) is 0 Å². The Bertz CT molecular complexity index is 499. The second-order valence-corrected chi connectivity index (χ2v) is 4.41. The molecule has 3 nitrogen and oxygen atoms in total. The number of rotatable bonds is 3. The predicted molar refractivity (Wildman–Crippen MR) is 66.5 cm³/mol. The molecule has 0 radical (unpaired) electrons. The van der Waals surface area contributed by atoms with E-state index >= 15 is 0 Å². The predicted octanol–water partition coefficient (Wildman–Crippen LogP) is 2.75. The van der Waals surface area contributed by atoms with Crippen LogP contribution in [0, 0.1) is 13.8 Å². The first-order valence-electron chi connectivity index (χ1n) is 5.84. The van der Waals surface area contributed by atoms with Gasteiger partial charge in [-0.3, -0.25) is 0 Å². The highest BCUT2D eigenvalue weighted by Gasteiger charge is 2.14. The molecule has 86 valence electrons. The Kier molecular flexibility index (Phi) is 2.97. The number of fused-ring (bicyclic) bond motifs is 1. The first kappa shape index (κ1) is 11.1. The van der Waals surface area contributed by atoms with E-state index < -0.39 is 0 Å². The van der Waals surface area contributed by atoms with Gasteiger partial charge in [-0.1, -0.05) is 19.4 Å². The van der Waals surface area contributed by atoms with E-state index in [1.165, 1.54) is 5.56 Å². The van der Waals surface area contributed by atoms with Crippen molar-refractivity contribution in [1.29, 1.82) is 0 Å². The van der Waals surface area contributed by atoms with Gasteiger partial charge in [0, 0.05) is 12.2 Å². The van der Waals surface area contributed by atoms with Crippen molar-refractivity contribution in [2.45, 2.75) is 39.7 Å². The Labute approximate surface area is 96.3 Å². The van der Waals surface area contributed by atoms with E-state index in [0.717, 1.165) is 29.9 Å². The minimum absolute atomic E-state index is 0.0850. The minimum Gasteiger partial charge on any atom is -0.323 e. The molecule has 2 N–H and O–H groups in total. The third-order valence-electron chi connectivity index (χ3n) is 2.94. The van der Waals surface area contributed by atoms with Crippen molar-refractivity contribution in [3.05, 3.63) is 35.3 Å². The van der Waals surface area contributed by atoms with Crippen molar-refractivity contribution >= 4 is 5.65 Å². The molecule has 2 aromatic heterocycles. The summed E-state index contributed by atoms with van der Waals surface area (Å²) in [5.41, 5.74) is 10.6. The van der Waals surface area contributed by atoms with Gasteiger partial charge < -0.3 is 10.1 Å². The van der Waals surface area contributed by atoms with E-state index in [-0.39, 0.29) is 6.04 Å². The van der Waals surface area contributed by atoms with Crippen LogP contribution in [-0.4, -0.2) is 9.38 Å². The number of hydrogen-bond donors (Lipinski definition) is 1. The third kappa shape index (κ3) is 1.83. The highest BCUT2D eigenvalue weighted by atomic mass is 15.0. The molecule has 0 spiro atoms. The fraction of sp³-hybridized carbons (Fsp3) is 0.462. The smallest absolute Gasteiger partial charge is 0.137 e. The summed E-state index contributed by atoms with van der Waals surface area (Å²) < 4.78 is 2.13. The molecule has 0 aromatic carbocycles. The average Bonchev–Trinajstić information content (AvgIpc) is 2.53. The summed E-state index contributed by atoms with van der Waals surface area (Å²) in [6, 6.07) is 4.21. The third-order valence-corrected chi connectivity index (χ3v) is 2.94. The summed E-state index contributed by atoms with van der Waals surface area (Å²) in [6.07, 6.45) is 4.21. The molecule has 0 saturated heterocycles. The summed E-state index contributed by atoms with van der Waals surface area (Å²) in [7, 11) is 0. The van der Waals surface area contributed by atoms with Crippen LogP contribution < -0.4 is 5.73 Å². The molecule has 0 bridgehead atoms. The monoisotopic (exact) mass is 217 g/mol. The number of imidazole rings is 1. The van der Waals surface area contributed by atoms with Crippen LogP contribution in [-0.2, 0) is 0 Å². The van der Waals surface area contributed by atoms with Crippen molar-refractivity contribution in [2.24, 2.45) is 5.73 Å². The summed E-state index contributed by atoms with van der Waals surface area (Å²) in [5.74, 6) is 0. The maximum atomic E-state index is 6.21. The zero-order valence-corrected chi connectivity index (χ0v) is 10.2. The summed E-state index contributed by atoms with van der Waals surface area (Å²) in [6.45, 7) is 6.28. The molecule has 1 unspecified atom stereocenters. The second-order valence-electron chi connectivity index (χ2n) is 4.41.